The Hall–Kier alpha value is -2.37. The lowest BCUT2D eigenvalue weighted by Gasteiger charge is -2.00. The summed E-state index contributed by atoms with van der Waals surface area (Å²) in [7, 11) is 0. The first-order valence-corrected chi connectivity index (χ1v) is 6.84. The van der Waals surface area contributed by atoms with Gasteiger partial charge in [-0.2, -0.15) is 10.2 Å². The van der Waals surface area contributed by atoms with Gasteiger partial charge in [0, 0.05) is 17.7 Å². The fraction of sp³-hybridized carbons (Fsp3) is 0.267. The second kappa shape index (κ2) is 5.55. The molecule has 1 aromatic carbocycles. The molecule has 0 unspecified atom stereocenters. The molecule has 21 heavy (non-hydrogen) atoms. The lowest BCUT2D eigenvalue weighted by molar-refractivity contribution is 0.510. The summed E-state index contributed by atoms with van der Waals surface area (Å²) in [6, 6.07) is 4.08. The molecule has 2 heterocycles. The highest BCUT2D eigenvalue weighted by atomic mass is 19.2. The van der Waals surface area contributed by atoms with Gasteiger partial charge in [-0.3, -0.25) is 0 Å². The van der Waals surface area contributed by atoms with Gasteiger partial charge in [-0.1, -0.05) is 13.3 Å². The van der Waals surface area contributed by atoms with Crippen molar-refractivity contribution in [1.29, 1.82) is 0 Å². The summed E-state index contributed by atoms with van der Waals surface area (Å²) in [5.74, 6) is -1.27. The summed E-state index contributed by atoms with van der Waals surface area (Å²) < 4.78 is 26.4. The van der Waals surface area contributed by atoms with Crippen molar-refractivity contribution in [3.63, 3.8) is 0 Å². The number of halogens is 2. The monoisotopic (exact) mass is 288 g/mol. The highest BCUT2D eigenvalue weighted by molar-refractivity contribution is 5.79. The first-order chi connectivity index (χ1) is 10.2. The van der Waals surface area contributed by atoms with Crippen LogP contribution in [0.1, 0.15) is 25.5 Å². The average Bonchev–Trinajstić information content (AvgIpc) is 2.89. The van der Waals surface area contributed by atoms with Gasteiger partial charge in [0.2, 0.25) is 0 Å². The fourth-order valence-corrected chi connectivity index (χ4v) is 2.16. The smallest absolute Gasteiger partial charge is 0.161 e. The minimum atomic E-state index is -0.906. The minimum absolute atomic E-state index is 0.385. The highest BCUT2D eigenvalue weighted by Gasteiger charge is 2.11. The summed E-state index contributed by atoms with van der Waals surface area (Å²) in [4.78, 5) is 7.25. The molecule has 0 spiro atoms. The molecule has 0 aliphatic carbocycles. The van der Waals surface area contributed by atoms with Gasteiger partial charge in [-0.25, -0.2) is 13.8 Å². The Balaban J connectivity index is 2.00. The maximum atomic E-state index is 13.2. The summed E-state index contributed by atoms with van der Waals surface area (Å²) in [5, 5.41) is 8.03. The van der Waals surface area contributed by atoms with E-state index in [-0.39, 0.29) is 0 Å². The number of H-pyrrole nitrogens is 1. The topological polar surface area (TPSA) is 54.5 Å². The number of fused-ring (bicyclic) bond motifs is 1. The molecule has 0 radical (unpaired) electrons. The number of benzene rings is 1. The maximum absolute atomic E-state index is 13.2. The molecular weight excluding hydrogens is 274 g/mol. The molecule has 0 aliphatic rings. The van der Waals surface area contributed by atoms with Crippen LogP contribution in [0.4, 0.5) is 8.78 Å². The van der Waals surface area contributed by atoms with Gasteiger partial charge >= 0.3 is 0 Å². The Bertz CT molecular complexity index is 743. The van der Waals surface area contributed by atoms with E-state index in [0.29, 0.717) is 16.9 Å². The van der Waals surface area contributed by atoms with E-state index in [9.17, 15) is 8.78 Å². The molecular formula is C15H14F2N4. The van der Waals surface area contributed by atoms with Crippen molar-refractivity contribution in [2.75, 3.05) is 0 Å². The van der Waals surface area contributed by atoms with Crippen molar-refractivity contribution >= 4 is 11.0 Å². The molecule has 3 rings (SSSR count). The third-order valence-electron chi connectivity index (χ3n) is 3.29. The molecule has 2 aromatic heterocycles. The molecule has 0 fully saturated rings. The van der Waals surface area contributed by atoms with Gasteiger partial charge in [-0.05, 0) is 18.9 Å². The zero-order chi connectivity index (χ0) is 14.8. The average molecular weight is 288 g/mol. The number of nitrogens with zero attached hydrogens (tertiary/aromatic N) is 3. The zero-order valence-corrected chi connectivity index (χ0v) is 11.5. The Morgan fingerprint density at radius 3 is 2.76 bits per heavy atom. The predicted molar refractivity (Wildman–Crippen MR) is 75.6 cm³/mol. The number of nitrogens with one attached hydrogen (secondary N) is 1. The number of rotatable bonds is 4. The standard InChI is InChI=1S/C15H14F2N4/c1-2-3-4-10-5-9(8-18-21-10)15-19-13-6-11(16)12(17)7-14(13)20-15/h5-8H,2-4H2,1H3,(H,19,20). The Morgan fingerprint density at radius 1 is 1.14 bits per heavy atom. The maximum Gasteiger partial charge on any atom is 0.161 e. The molecule has 4 nitrogen and oxygen atoms in total. The van der Waals surface area contributed by atoms with E-state index < -0.39 is 11.6 Å². The van der Waals surface area contributed by atoms with Gasteiger partial charge in [-0.15, -0.1) is 0 Å². The minimum Gasteiger partial charge on any atom is -0.338 e. The van der Waals surface area contributed by atoms with Crippen molar-refractivity contribution in [3.8, 4) is 11.4 Å². The molecule has 0 aliphatic heterocycles. The lowest BCUT2D eigenvalue weighted by Crippen LogP contribution is -1.94. The van der Waals surface area contributed by atoms with Crippen molar-refractivity contribution < 1.29 is 8.78 Å². The van der Waals surface area contributed by atoms with E-state index >= 15 is 0 Å². The number of aromatic amines is 1. The van der Waals surface area contributed by atoms with Crippen LogP contribution in [0.25, 0.3) is 22.4 Å². The predicted octanol–water partition coefficient (Wildman–Crippen LogP) is 3.64. The van der Waals surface area contributed by atoms with E-state index in [1.54, 1.807) is 6.20 Å². The number of imidazole rings is 1. The van der Waals surface area contributed by atoms with Gasteiger partial charge in [0.05, 0.1) is 22.9 Å². The molecule has 0 saturated carbocycles. The van der Waals surface area contributed by atoms with Crippen LogP contribution in [-0.2, 0) is 6.42 Å². The SMILES string of the molecule is CCCCc1cc(-c2nc3cc(F)c(F)cc3[nH]2)cnn1. The van der Waals surface area contributed by atoms with E-state index in [1.807, 2.05) is 6.07 Å². The Labute approximate surface area is 120 Å². The number of aryl methyl sites for hydroxylation is 1. The van der Waals surface area contributed by atoms with Crippen LogP contribution >= 0.6 is 0 Å². The first kappa shape index (κ1) is 13.6. The molecule has 3 aromatic rings. The van der Waals surface area contributed by atoms with Crippen LogP contribution in [0.5, 0.6) is 0 Å². The molecule has 6 heteroatoms. The third kappa shape index (κ3) is 2.74. The van der Waals surface area contributed by atoms with Crippen molar-refractivity contribution in [1.82, 2.24) is 20.2 Å². The summed E-state index contributed by atoms with van der Waals surface area (Å²) in [6.07, 6.45) is 4.55. The summed E-state index contributed by atoms with van der Waals surface area (Å²) >= 11 is 0. The van der Waals surface area contributed by atoms with Crippen LogP contribution in [0.15, 0.2) is 24.4 Å². The fourth-order valence-electron chi connectivity index (χ4n) is 2.16. The van der Waals surface area contributed by atoms with Crippen molar-refractivity contribution in [2.24, 2.45) is 0 Å². The molecule has 108 valence electrons. The normalized spacial score (nSPS) is 11.2. The lowest BCUT2D eigenvalue weighted by atomic mass is 10.1. The molecule has 0 atom stereocenters. The summed E-state index contributed by atoms with van der Waals surface area (Å²) in [5.41, 5.74) is 2.48. The largest absolute Gasteiger partial charge is 0.338 e. The molecule has 0 saturated heterocycles. The van der Waals surface area contributed by atoms with E-state index in [0.717, 1.165) is 42.7 Å². The number of hydrogen-bond acceptors (Lipinski definition) is 3. The van der Waals surface area contributed by atoms with Gasteiger partial charge < -0.3 is 4.98 Å². The Morgan fingerprint density at radius 2 is 1.95 bits per heavy atom. The quantitative estimate of drug-likeness (QED) is 0.797. The van der Waals surface area contributed by atoms with Gasteiger partial charge in [0.1, 0.15) is 5.82 Å². The number of hydrogen-bond donors (Lipinski definition) is 1. The summed E-state index contributed by atoms with van der Waals surface area (Å²) in [6.45, 7) is 2.11. The van der Waals surface area contributed by atoms with Crippen LogP contribution in [0.2, 0.25) is 0 Å². The third-order valence-corrected chi connectivity index (χ3v) is 3.29. The van der Waals surface area contributed by atoms with Crippen LogP contribution < -0.4 is 0 Å². The molecule has 0 amide bonds. The second-order valence-corrected chi connectivity index (χ2v) is 4.91. The molecule has 1 N–H and O–H groups in total. The zero-order valence-electron chi connectivity index (χ0n) is 11.5. The van der Waals surface area contributed by atoms with E-state index in [4.69, 9.17) is 0 Å². The first-order valence-electron chi connectivity index (χ1n) is 6.84. The Kier molecular flexibility index (Phi) is 3.60. The van der Waals surface area contributed by atoms with E-state index in [2.05, 4.69) is 27.1 Å². The molecule has 0 bridgehead atoms. The van der Waals surface area contributed by atoms with Crippen molar-refractivity contribution in [3.05, 3.63) is 41.7 Å². The van der Waals surface area contributed by atoms with Crippen LogP contribution in [-0.4, -0.2) is 20.2 Å². The number of aromatic nitrogens is 4. The van der Waals surface area contributed by atoms with Crippen LogP contribution in [0, 0.1) is 11.6 Å². The number of unbranched alkanes of at least 4 members (excludes halogenated alkanes) is 1. The van der Waals surface area contributed by atoms with Crippen LogP contribution in [0.3, 0.4) is 0 Å². The van der Waals surface area contributed by atoms with E-state index in [1.165, 1.54) is 0 Å². The second-order valence-electron chi connectivity index (χ2n) is 4.91. The van der Waals surface area contributed by atoms with Crippen molar-refractivity contribution in [2.45, 2.75) is 26.2 Å². The highest BCUT2D eigenvalue weighted by Crippen LogP contribution is 2.22. The van der Waals surface area contributed by atoms with Gasteiger partial charge in [0.25, 0.3) is 0 Å². The van der Waals surface area contributed by atoms with Gasteiger partial charge in [0.15, 0.2) is 11.6 Å².